The first-order chi connectivity index (χ1) is 16.3. The molecule has 3 heterocycles. The van der Waals surface area contributed by atoms with E-state index in [9.17, 15) is 9.59 Å². The highest BCUT2D eigenvalue weighted by atomic mass is 16.5. The van der Waals surface area contributed by atoms with Crippen LogP contribution in [0.2, 0.25) is 0 Å². The highest BCUT2D eigenvalue weighted by molar-refractivity contribution is 5.94. The molecule has 1 aromatic carbocycles. The number of hydrogen-bond donors (Lipinski definition) is 1. The van der Waals surface area contributed by atoms with Gasteiger partial charge in [-0.1, -0.05) is 39.3 Å². The lowest BCUT2D eigenvalue weighted by Crippen LogP contribution is -2.55. The van der Waals surface area contributed by atoms with Gasteiger partial charge in [-0.25, -0.2) is 0 Å². The summed E-state index contributed by atoms with van der Waals surface area (Å²) in [6, 6.07) is 8.61. The number of ether oxygens (including phenoxy) is 1. The molecule has 0 bridgehead atoms. The van der Waals surface area contributed by atoms with Gasteiger partial charge in [0.1, 0.15) is 0 Å². The van der Waals surface area contributed by atoms with Crippen LogP contribution in [0, 0.1) is 17.8 Å². The van der Waals surface area contributed by atoms with E-state index in [2.05, 4.69) is 43.1 Å². The smallest absolute Gasteiger partial charge is 0.253 e. The second-order valence-electron chi connectivity index (χ2n) is 11.9. The Hall–Kier alpha value is -1.92. The van der Waals surface area contributed by atoms with Crippen LogP contribution < -0.4 is 5.32 Å². The van der Waals surface area contributed by atoms with E-state index in [1.807, 2.05) is 17.0 Å². The summed E-state index contributed by atoms with van der Waals surface area (Å²) in [5, 5.41) is 3.29. The number of likely N-dealkylation sites (tertiary alicyclic amines) is 2. The van der Waals surface area contributed by atoms with E-state index in [0.29, 0.717) is 23.8 Å². The first-order valence-electron chi connectivity index (χ1n) is 13.3. The normalized spacial score (nSPS) is 30.1. The van der Waals surface area contributed by atoms with E-state index >= 15 is 0 Å². The van der Waals surface area contributed by atoms with Crippen molar-refractivity contribution < 1.29 is 14.3 Å². The van der Waals surface area contributed by atoms with Crippen LogP contribution in [0.3, 0.4) is 0 Å². The Labute approximate surface area is 204 Å². The molecular formula is C28H41N3O3. The molecule has 0 radical (unpaired) electrons. The number of benzene rings is 1. The monoisotopic (exact) mass is 467 g/mol. The Morgan fingerprint density at radius 2 is 1.68 bits per heavy atom. The molecule has 1 N–H and O–H groups in total. The summed E-state index contributed by atoms with van der Waals surface area (Å²) in [7, 11) is 0. The minimum atomic E-state index is 0.0181. The van der Waals surface area contributed by atoms with Gasteiger partial charge in [-0.15, -0.1) is 0 Å². The molecular weight excluding hydrogens is 426 g/mol. The van der Waals surface area contributed by atoms with Gasteiger partial charge in [0.15, 0.2) is 0 Å². The molecule has 2 amide bonds. The van der Waals surface area contributed by atoms with Crippen molar-refractivity contribution in [1.82, 2.24) is 15.1 Å². The zero-order valence-corrected chi connectivity index (χ0v) is 21.1. The fourth-order valence-corrected chi connectivity index (χ4v) is 6.44. The van der Waals surface area contributed by atoms with Gasteiger partial charge in [-0.05, 0) is 73.1 Å². The Morgan fingerprint density at radius 1 is 1.00 bits per heavy atom. The van der Waals surface area contributed by atoms with Crippen molar-refractivity contribution >= 4 is 11.8 Å². The van der Waals surface area contributed by atoms with Crippen LogP contribution in [0.4, 0.5) is 0 Å². The van der Waals surface area contributed by atoms with E-state index in [1.54, 1.807) is 0 Å². The third-order valence-electron chi connectivity index (χ3n) is 8.68. The van der Waals surface area contributed by atoms with Crippen LogP contribution >= 0.6 is 0 Å². The van der Waals surface area contributed by atoms with Crippen molar-refractivity contribution in [2.24, 2.45) is 17.8 Å². The minimum absolute atomic E-state index is 0.0181. The maximum atomic E-state index is 13.1. The second kappa shape index (κ2) is 9.62. The fraction of sp³-hybridized carbons (Fsp3) is 0.714. The highest BCUT2D eigenvalue weighted by Crippen LogP contribution is 2.51. The number of carbonyl (C=O) groups excluding carboxylic acids is 2. The fourth-order valence-electron chi connectivity index (χ4n) is 6.44. The minimum Gasteiger partial charge on any atom is -0.381 e. The van der Waals surface area contributed by atoms with Crippen LogP contribution in [0.15, 0.2) is 24.3 Å². The lowest BCUT2D eigenvalue weighted by molar-refractivity contribution is -0.130. The Balaban J connectivity index is 1.09. The van der Waals surface area contributed by atoms with Gasteiger partial charge >= 0.3 is 0 Å². The second-order valence-corrected chi connectivity index (χ2v) is 11.9. The molecule has 3 aliphatic heterocycles. The van der Waals surface area contributed by atoms with Crippen LogP contribution in [-0.2, 0) is 14.9 Å². The van der Waals surface area contributed by atoms with Gasteiger partial charge in [0.05, 0.1) is 6.04 Å². The maximum absolute atomic E-state index is 13.1. The van der Waals surface area contributed by atoms with E-state index in [-0.39, 0.29) is 23.3 Å². The summed E-state index contributed by atoms with van der Waals surface area (Å²) < 4.78 is 5.53. The maximum Gasteiger partial charge on any atom is 0.253 e. The van der Waals surface area contributed by atoms with Gasteiger partial charge in [-0.3, -0.25) is 14.5 Å². The number of piperidine rings is 2. The molecule has 0 aromatic heterocycles. The molecule has 186 valence electrons. The summed E-state index contributed by atoms with van der Waals surface area (Å²) in [6.45, 7) is 11.6. The molecule has 4 aliphatic rings. The largest absolute Gasteiger partial charge is 0.381 e. The van der Waals surface area contributed by atoms with Gasteiger partial charge in [-0.2, -0.15) is 0 Å². The molecule has 4 fully saturated rings. The van der Waals surface area contributed by atoms with Crippen LogP contribution in [0.25, 0.3) is 0 Å². The highest BCUT2D eigenvalue weighted by Gasteiger charge is 2.56. The lowest BCUT2D eigenvalue weighted by atomic mass is 9.86. The first kappa shape index (κ1) is 23.8. The molecule has 6 nitrogen and oxygen atoms in total. The first-order valence-corrected chi connectivity index (χ1v) is 13.3. The average molecular weight is 468 g/mol. The molecule has 3 atom stereocenters. The van der Waals surface area contributed by atoms with Crippen molar-refractivity contribution in [2.45, 2.75) is 70.4 Å². The van der Waals surface area contributed by atoms with Crippen LogP contribution in [-0.4, -0.2) is 73.1 Å². The Kier molecular flexibility index (Phi) is 6.73. The van der Waals surface area contributed by atoms with Crippen LogP contribution in [0.5, 0.6) is 0 Å². The van der Waals surface area contributed by atoms with Crippen LogP contribution in [0.1, 0.15) is 68.8 Å². The predicted molar refractivity (Wildman–Crippen MR) is 133 cm³/mol. The van der Waals surface area contributed by atoms with E-state index in [0.717, 1.165) is 70.6 Å². The average Bonchev–Trinajstić information content (AvgIpc) is 3.30. The zero-order chi connectivity index (χ0) is 23.9. The van der Waals surface area contributed by atoms with Crippen molar-refractivity contribution in [2.75, 3.05) is 39.4 Å². The summed E-state index contributed by atoms with van der Waals surface area (Å²) in [5.74, 6) is 1.95. The van der Waals surface area contributed by atoms with Gasteiger partial charge in [0.25, 0.3) is 5.91 Å². The molecule has 0 spiro atoms. The van der Waals surface area contributed by atoms with E-state index in [1.165, 1.54) is 12.0 Å². The van der Waals surface area contributed by atoms with Crippen molar-refractivity contribution in [1.29, 1.82) is 0 Å². The molecule has 1 saturated carbocycles. The van der Waals surface area contributed by atoms with Crippen molar-refractivity contribution in [3.63, 3.8) is 0 Å². The molecule has 3 unspecified atom stereocenters. The van der Waals surface area contributed by atoms with E-state index in [4.69, 9.17) is 4.74 Å². The summed E-state index contributed by atoms with van der Waals surface area (Å²) in [5.41, 5.74) is 2.12. The standard InChI is InChI=1S/C28H41N3O3/c1-28(2,3)20-9-7-19(8-10-20)27(33)30-17-23-22(24(23)18-30)16-29-26(32)25-6-4-5-13-31(25)21-11-14-34-15-12-21/h7-10,21-25H,4-6,11-18H2,1-3H3,(H,29,32). The number of amides is 2. The van der Waals surface area contributed by atoms with Gasteiger partial charge in [0, 0.05) is 44.5 Å². The lowest BCUT2D eigenvalue weighted by Gasteiger charge is -2.41. The van der Waals surface area contributed by atoms with Gasteiger partial charge < -0.3 is 15.0 Å². The molecule has 6 heteroatoms. The third kappa shape index (κ3) is 4.90. The molecule has 1 aromatic rings. The topological polar surface area (TPSA) is 61.9 Å². The summed E-state index contributed by atoms with van der Waals surface area (Å²) in [6.07, 6.45) is 5.38. The number of hydrogen-bond acceptors (Lipinski definition) is 4. The predicted octanol–water partition coefficient (Wildman–Crippen LogP) is 3.45. The number of nitrogens with zero attached hydrogens (tertiary/aromatic N) is 2. The van der Waals surface area contributed by atoms with Crippen molar-refractivity contribution in [3.05, 3.63) is 35.4 Å². The number of fused-ring (bicyclic) bond motifs is 1. The zero-order valence-electron chi connectivity index (χ0n) is 21.1. The van der Waals surface area contributed by atoms with Crippen molar-refractivity contribution in [3.8, 4) is 0 Å². The Bertz CT molecular complexity index is 875. The van der Waals surface area contributed by atoms with E-state index < -0.39 is 0 Å². The number of carbonyl (C=O) groups is 2. The SMILES string of the molecule is CC(C)(C)c1ccc(C(=O)N2CC3C(CNC(=O)C4CCCCN4C4CCOCC4)C3C2)cc1. The molecule has 1 aliphatic carbocycles. The number of rotatable bonds is 5. The van der Waals surface area contributed by atoms with Gasteiger partial charge in [0.2, 0.25) is 5.91 Å². The Morgan fingerprint density at radius 3 is 2.32 bits per heavy atom. The number of nitrogens with one attached hydrogen (secondary N) is 1. The third-order valence-corrected chi connectivity index (χ3v) is 8.68. The summed E-state index contributed by atoms with van der Waals surface area (Å²) in [4.78, 5) is 30.6. The molecule has 34 heavy (non-hydrogen) atoms. The molecule has 3 saturated heterocycles. The molecule has 5 rings (SSSR count). The quantitative estimate of drug-likeness (QED) is 0.721. The summed E-state index contributed by atoms with van der Waals surface area (Å²) >= 11 is 0.